The van der Waals surface area contributed by atoms with E-state index in [0.29, 0.717) is 18.5 Å². The van der Waals surface area contributed by atoms with E-state index < -0.39 is 5.60 Å². The molecule has 1 aromatic carbocycles. The number of hydrogen-bond acceptors (Lipinski definition) is 3. The summed E-state index contributed by atoms with van der Waals surface area (Å²) in [6, 6.07) is 13.4. The van der Waals surface area contributed by atoms with Crippen LogP contribution in [-0.4, -0.2) is 33.0 Å². The Morgan fingerprint density at radius 3 is 2.48 bits per heavy atom. The van der Waals surface area contributed by atoms with Crippen LogP contribution in [0, 0.1) is 6.92 Å². The lowest BCUT2D eigenvalue weighted by Crippen LogP contribution is -2.43. The molecule has 0 radical (unpaired) electrons. The van der Waals surface area contributed by atoms with Gasteiger partial charge < -0.3 is 10.0 Å². The SMILES string of the molecule is CCC(C)(O)CN(Cc1ccccc1)C(=O)c1ccc(C)nc1. The first-order chi connectivity index (χ1) is 10.9. The first-order valence-electron chi connectivity index (χ1n) is 7.89. The van der Waals surface area contributed by atoms with Crippen LogP contribution in [-0.2, 0) is 6.54 Å². The second-order valence-electron chi connectivity index (χ2n) is 6.19. The normalized spacial score (nSPS) is 13.4. The van der Waals surface area contributed by atoms with Gasteiger partial charge in [0.1, 0.15) is 0 Å². The van der Waals surface area contributed by atoms with Crippen LogP contribution >= 0.6 is 0 Å². The lowest BCUT2D eigenvalue weighted by atomic mass is 10.0. The fraction of sp³-hybridized carbons (Fsp3) is 0.368. The number of rotatable bonds is 6. The van der Waals surface area contributed by atoms with E-state index in [1.165, 1.54) is 0 Å². The molecule has 1 aromatic heterocycles. The topological polar surface area (TPSA) is 53.4 Å². The van der Waals surface area contributed by atoms with Crippen LogP contribution < -0.4 is 0 Å². The Hall–Kier alpha value is -2.20. The summed E-state index contributed by atoms with van der Waals surface area (Å²) in [6.45, 7) is 6.30. The Morgan fingerprint density at radius 2 is 1.91 bits per heavy atom. The van der Waals surface area contributed by atoms with Crippen LogP contribution in [0.25, 0.3) is 0 Å². The average molecular weight is 312 g/mol. The second-order valence-corrected chi connectivity index (χ2v) is 6.19. The smallest absolute Gasteiger partial charge is 0.255 e. The van der Waals surface area contributed by atoms with Crippen molar-refractivity contribution in [2.75, 3.05) is 6.54 Å². The Morgan fingerprint density at radius 1 is 1.22 bits per heavy atom. The van der Waals surface area contributed by atoms with E-state index in [2.05, 4.69) is 4.98 Å². The molecule has 0 saturated heterocycles. The predicted molar refractivity (Wildman–Crippen MR) is 91.1 cm³/mol. The van der Waals surface area contributed by atoms with Crippen LogP contribution in [0.2, 0.25) is 0 Å². The van der Waals surface area contributed by atoms with E-state index in [4.69, 9.17) is 0 Å². The Bertz CT molecular complexity index is 636. The van der Waals surface area contributed by atoms with Gasteiger partial charge in [-0.3, -0.25) is 9.78 Å². The van der Waals surface area contributed by atoms with Gasteiger partial charge in [0.2, 0.25) is 0 Å². The van der Waals surface area contributed by atoms with Gasteiger partial charge in [-0.25, -0.2) is 0 Å². The molecule has 0 aliphatic heterocycles. The molecule has 1 N–H and O–H groups in total. The minimum Gasteiger partial charge on any atom is -0.388 e. The number of benzene rings is 1. The van der Waals surface area contributed by atoms with Gasteiger partial charge >= 0.3 is 0 Å². The number of amides is 1. The second kappa shape index (κ2) is 7.38. The summed E-state index contributed by atoms with van der Waals surface area (Å²) >= 11 is 0. The van der Waals surface area contributed by atoms with Gasteiger partial charge in [-0.15, -0.1) is 0 Å². The maximum Gasteiger partial charge on any atom is 0.255 e. The fourth-order valence-electron chi connectivity index (χ4n) is 2.30. The van der Waals surface area contributed by atoms with Crippen molar-refractivity contribution < 1.29 is 9.90 Å². The van der Waals surface area contributed by atoms with Gasteiger partial charge in [0.05, 0.1) is 11.2 Å². The maximum absolute atomic E-state index is 12.8. The van der Waals surface area contributed by atoms with Crippen molar-refractivity contribution in [1.82, 2.24) is 9.88 Å². The number of aromatic nitrogens is 1. The molecule has 2 rings (SSSR count). The van der Waals surface area contributed by atoms with Crippen molar-refractivity contribution in [1.29, 1.82) is 0 Å². The molecular formula is C19H24N2O2. The fourth-order valence-corrected chi connectivity index (χ4v) is 2.30. The molecule has 1 unspecified atom stereocenters. The third kappa shape index (κ3) is 4.89. The highest BCUT2D eigenvalue weighted by Crippen LogP contribution is 2.16. The average Bonchev–Trinajstić information content (AvgIpc) is 2.55. The Labute approximate surface area is 137 Å². The molecule has 23 heavy (non-hydrogen) atoms. The van der Waals surface area contributed by atoms with Crippen LogP contribution in [0.5, 0.6) is 0 Å². The zero-order chi connectivity index (χ0) is 16.9. The van der Waals surface area contributed by atoms with E-state index in [-0.39, 0.29) is 12.5 Å². The maximum atomic E-state index is 12.8. The van der Waals surface area contributed by atoms with E-state index in [1.807, 2.05) is 50.2 Å². The number of aryl methyl sites for hydroxylation is 1. The molecule has 2 aromatic rings. The van der Waals surface area contributed by atoms with Crippen LogP contribution in [0.15, 0.2) is 48.7 Å². The summed E-state index contributed by atoms with van der Waals surface area (Å²) < 4.78 is 0. The zero-order valence-electron chi connectivity index (χ0n) is 14.0. The van der Waals surface area contributed by atoms with Gasteiger partial charge in [-0.2, -0.15) is 0 Å². The van der Waals surface area contributed by atoms with Crippen molar-refractivity contribution in [2.45, 2.75) is 39.3 Å². The molecule has 1 heterocycles. The van der Waals surface area contributed by atoms with Crippen molar-refractivity contribution in [3.05, 3.63) is 65.5 Å². The van der Waals surface area contributed by atoms with Crippen molar-refractivity contribution >= 4 is 5.91 Å². The first-order valence-corrected chi connectivity index (χ1v) is 7.89. The molecule has 0 saturated carbocycles. The van der Waals surface area contributed by atoms with Crippen molar-refractivity contribution in [3.8, 4) is 0 Å². The molecule has 0 aliphatic carbocycles. The largest absolute Gasteiger partial charge is 0.388 e. The monoisotopic (exact) mass is 312 g/mol. The number of carbonyl (C=O) groups is 1. The number of aliphatic hydroxyl groups is 1. The number of carbonyl (C=O) groups excluding carboxylic acids is 1. The van der Waals surface area contributed by atoms with Gasteiger partial charge in [-0.05, 0) is 38.0 Å². The summed E-state index contributed by atoms with van der Waals surface area (Å²) in [4.78, 5) is 18.7. The lowest BCUT2D eigenvalue weighted by Gasteiger charge is -2.31. The Kier molecular flexibility index (Phi) is 5.50. The first kappa shape index (κ1) is 17.2. The van der Waals surface area contributed by atoms with Crippen LogP contribution in [0.4, 0.5) is 0 Å². The minimum absolute atomic E-state index is 0.116. The van der Waals surface area contributed by atoms with Crippen LogP contribution in [0.1, 0.15) is 41.9 Å². The number of hydrogen-bond donors (Lipinski definition) is 1. The van der Waals surface area contributed by atoms with Gasteiger partial charge in [0.25, 0.3) is 5.91 Å². The molecule has 0 bridgehead atoms. The standard InChI is InChI=1S/C19H24N2O2/c1-4-19(3,23)14-21(13-16-8-6-5-7-9-16)18(22)17-11-10-15(2)20-12-17/h5-12,23H,4,13-14H2,1-3H3. The molecule has 0 aliphatic rings. The molecule has 0 fully saturated rings. The molecular weight excluding hydrogens is 288 g/mol. The summed E-state index contributed by atoms with van der Waals surface area (Å²) in [7, 11) is 0. The number of nitrogens with zero attached hydrogens (tertiary/aromatic N) is 2. The summed E-state index contributed by atoms with van der Waals surface area (Å²) in [6.07, 6.45) is 2.17. The molecule has 4 nitrogen and oxygen atoms in total. The van der Waals surface area contributed by atoms with Gasteiger partial charge in [0.15, 0.2) is 0 Å². The van der Waals surface area contributed by atoms with E-state index >= 15 is 0 Å². The zero-order valence-corrected chi connectivity index (χ0v) is 14.0. The summed E-state index contributed by atoms with van der Waals surface area (Å²) in [5.74, 6) is -0.116. The van der Waals surface area contributed by atoms with Gasteiger partial charge in [-0.1, -0.05) is 37.3 Å². The highest BCUT2D eigenvalue weighted by atomic mass is 16.3. The van der Waals surface area contributed by atoms with Crippen molar-refractivity contribution in [2.24, 2.45) is 0 Å². The highest BCUT2D eigenvalue weighted by Gasteiger charge is 2.26. The molecule has 122 valence electrons. The quantitative estimate of drug-likeness (QED) is 0.891. The van der Waals surface area contributed by atoms with E-state index in [1.54, 1.807) is 24.1 Å². The molecule has 1 atom stereocenters. The van der Waals surface area contributed by atoms with E-state index in [0.717, 1.165) is 11.3 Å². The van der Waals surface area contributed by atoms with Gasteiger partial charge in [0, 0.05) is 25.0 Å². The Balaban J connectivity index is 2.24. The van der Waals surface area contributed by atoms with Crippen molar-refractivity contribution in [3.63, 3.8) is 0 Å². The predicted octanol–water partition coefficient (Wildman–Crippen LogP) is 3.19. The molecule has 0 spiro atoms. The van der Waals surface area contributed by atoms with E-state index in [9.17, 15) is 9.90 Å². The highest BCUT2D eigenvalue weighted by molar-refractivity contribution is 5.94. The minimum atomic E-state index is -0.914. The third-order valence-corrected chi connectivity index (χ3v) is 3.95. The summed E-state index contributed by atoms with van der Waals surface area (Å²) in [5, 5.41) is 10.4. The number of pyridine rings is 1. The molecule has 4 heteroatoms. The summed E-state index contributed by atoms with van der Waals surface area (Å²) in [5.41, 5.74) is 1.53. The third-order valence-electron chi connectivity index (χ3n) is 3.95. The lowest BCUT2D eigenvalue weighted by molar-refractivity contribution is 0.0135. The molecule has 1 amide bonds. The van der Waals surface area contributed by atoms with Crippen LogP contribution in [0.3, 0.4) is 0 Å².